The summed E-state index contributed by atoms with van der Waals surface area (Å²) in [4.78, 5) is 16.3. The lowest BCUT2D eigenvalue weighted by Crippen LogP contribution is -2.44. The number of methoxy groups -OCH3 is 1. The number of ether oxygens (including phenoxy) is 4. The van der Waals surface area contributed by atoms with Gasteiger partial charge in [-0.15, -0.1) is 0 Å². The predicted octanol–water partition coefficient (Wildman–Crippen LogP) is 5.45. The number of rotatable bonds is 7. The van der Waals surface area contributed by atoms with Crippen LogP contribution in [-0.2, 0) is 9.53 Å². The Morgan fingerprint density at radius 2 is 1.82 bits per heavy atom. The number of aromatic nitrogens is 3. The van der Waals surface area contributed by atoms with Crippen LogP contribution in [0.1, 0.15) is 39.3 Å². The Labute approximate surface area is 226 Å². The first kappa shape index (κ1) is 26.7. The zero-order chi connectivity index (χ0) is 27.7. The maximum absolute atomic E-state index is 15.2. The SMILES string of the molecule is COc1cc2c(Oc3ccc4[nH]c(C)cc4c3F)cnnc2cc1OC(C(=O)OC(C)(C)C)C1CCNCC1. The number of hydrogen-bond acceptors (Lipinski definition) is 8. The molecule has 2 aromatic heterocycles. The Morgan fingerprint density at radius 1 is 1.05 bits per heavy atom. The quantitative estimate of drug-likeness (QED) is 0.300. The molecule has 4 aromatic rings. The zero-order valence-electron chi connectivity index (χ0n) is 22.8. The molecule has 2 aromatic carbocycles. The van der Waals surface area contributed by atoms with Gasteiger partial charge in [0.05, 0.1) is 18.7 Å². The van der Waals surface area contributed by atoms with Crippen LogP contribution in [0, 0.1) is 18.7 Å². The van der Waals surface area contributed by atoms with E-state index in [1.54, 1.807) is 30.3 Å². The number of hydrogen-bond donors (Lipinski definition) is 2. The second kappa shape index (κ2) is 10.7. The summed E-state index contributed by atoms with van der Waals surface area (Å²) in [6, 6.07) is 8.42. The standard InChI is InChI=1S/C29H33FN4O5/c1-16-12-19-20(33-16)6-7-22(26(19)30)37-25-15-32-34-21-14-24(23(36-5)13-18(21)25)38-27(17-8-10-31-11-9-17)28(35)39-29(2,3)4/h6-7,12-15,17,27,31,33H,8-11H2,1-5H3. The van der Waals surface area contributed by atoms with Gasteiger partial charge in [0.25, 0.3) is 0 Å². The topological polar surface area (TPSA) is 108 Å². The molecule has 9 nitrogen and oxygen atoms in total. The predicted molar refractivity (Wildman–Crippen MR) is 145 cm³/mol. The van der Waals surface area contributed by atoms with Crippen molar-refractivity contribution in [2.45, 2.75) is 52.2 Å². The number of aromatic amines is 1. The highest BCUT2D eigenvalue weighted by atomic mass is 19.1. The number of carbonyl (C=O) groups is 1. The first-order valence-electron chi connectivity index (χ1n) is 13.0. The van der Waals surface area contributed by atoms with E-state index in [9.17, 15) is 4.79 Å². The molecule has 39 heavy (non-hydrogen) atoms. The average molecular weight is 537 g/mol. The number of aryl methyl sites for hydroxylation is 1. The highest BCUT2D eigenvalue weighted by molar-refractivity contribution is 5.88. The van der Waals surface area contributed by atoms with Crippen LogP contribution in [0.4, 0.5) is 4.39 Å². The number of nitrogens with zero attached hydrogens (tertiary/aromatic N) is 2. The third-order valence-corrected chi connectivity index (χ3v) is 6.65. The van der Waals surface area contributed by atoms with Crippen molar-refractivity contribution in [3.05, 3.63) is 48.0 Å². The van der Waals surface area contributed by atoms with E-state index in [1.165, 1.54) is 13.3 Å². The smallest absolute Gasteiger partial charge is 0.348 e. The number of fused-ring (bicyclic) bond motifs is 2. The minimum Gasteiger partial charge on any atom is -0.493 e. The lowest BCUT2D eigenvalue weighted by molar-refractivity contribution is -0.166. The molecule has 3 heterocycles. The highest BCUT2D eigenvalue weighted by Gasteiger charge is 2.36. The normalized spacial score (nSPS) is 15.3. The van der Waals surface area contributed by atoms with Gasteiger partial charge in [0.2, 0.25) is 0 Å². The monoisotopic (exact) mass is 536 g/mol. The second-order valence-corrected chi connectivity index (χ2v) is 10.8. The van der Waals surface area contributed by atoms with E-state index in [-0.39, 0.29) is 11.7 Å². The van der Waals surface area contributed by atoms with Gasteiger partial charge < -0.3 is 29.2 Å². The van der Waals surface area contributed by atoms with Crippen LogP contribution >= 0.6 is 0 Å². The van der Waals surface area contributed by atoms with Crippen molar-refractivity contribution in [2.75, 3.05) is 20.2 Å². The van der Waals surface area contributed by atoms with E-state index in [1.807, 2.05) is 27.7 Å². The van der Waals surface area contributed by atoms with Crippen LogP contribution in [0.5, 0.6) is 23.0 Å². The third-order valence-electron chi connectivity index (χ3n) is 6.65. The lowest BCUT2D eigenvalue weighted by Gasteiger charge is -2.32. The summed E-state index contributed by atoms with van der Waals surface area (Å²) in [5, 5.41) is 12.6. The summed E-state index contributed by atoms with van der Waals surface area (Å²) in [6.07, 6.45) is 2.14. The Hall–Kier alpha value is -3.92. The fraction of sp³-hybridized carbons (Fsp3) is 0.414. The summed E-state index contributed by atoms with van der Waals surface area (Å²) in [7, 11) is 1.51. The first-order valence-corrected chi connectivity index (χ1v) is 13.0. The molecule has 0 spiro atoms. The minimum absolute atomic E-state index is 0.0304. The van der Waals surface area contributed by atoms with E-state index < -0.39 is 23.5 Å². The summed E-state index contributed by atoms with van der Waals surface area (Å²) in [5.41, 5.74) is 1.32. The van der Waals surface area contributed by atoms with Gasteiger partial charge in [-0.05, 0) is 77.9 Å². The molecule has 1 unspecified atom stereocenters. The number of piperidine rings is 1. The number of H-pyrrole nitrogens is 1. The molecule has 0 aliphatic carbocycles. The molecular weight excluding hydrogens is 503 g/mol. The molecule has 0 bridgehead atoms. The van der Waals surface area contributed by atoms with Gasteiger partial charge in [0.15, 0.2) is 34.9 Å². The summed E-state index contributed by atoms with van der Waals surface area (Å²) in [5.74, 6) is 0.142. The Balaban J connectivity index is 1.49. The molecule has 0 radical (unpaired) electrons. The number of esters is 1. The molecule has 1 aliphatic rings. The van der Waals surface area contributed by atoms with Crippen LogP contribution in [-0.4, -0.2) is 53.1 Å². The maximum atomic E-state index is 15.2. The molecule has 1 aliphatic heterocycles. The highest BCUT2D eigenvalue weighted by Crippen LogP contribution is 2.39. The van der Waals surface area contributed by atoms with Crippen molar-refractivity contribution < 1.29 is 28.1 Å². The molecule has 206 valence electrons. The molecule has 0 saturated carbocycles. The van der Waals surface area contributed by atoms with Gasteiger partial charge in [-0.1, -0.05) is 0 Å². The number of benzene rings is 2. The van der Waals surface area contributed by atoms with Gasteiger partial charge in [-0.2, -0.15) is 10.2 Å². The number of nitrogens with one attached hydrogen (secondary N) is 2. The van der Waals surface area contributed by atoms with E-state index >= 15 is 4.39 Å². The maximum Gasteiger partial charge on any atom is 0.348 e. The largest absolute Gasteiger partial charge is 0.493 e. The van der Waals surface area contributed by atoms with Crippen molar-refractivity contribution in [1.82, 2.24) is 20.5 Å². The first-order chi connectivity index (χ1) is 18.6. The summed E-state index contributed by atoms with van der Waals surface area (Å²) >= 11 is 0. The molecule has 10 heteroatoms. The number of carbonyl (C=O) groups excluding carboxylic acids is 1. The van der Waals surface area contributed by atoms with Crippen LogP contribution < -0.4 is 19.5 Å². The summed E-state index contributed by atoms with van der Waals surface area (Å²) < 4.78 is 38.9. The third kappa shape index (κ3) is 5.75. The van der Waals surface area contributed by atoms with Crippen molar-refractivity contribution in [3.63, 3.8) is 0 Å². The van der Waals surface area contributed by atoms with E-state index in [0.717, 1.165) is 31.6 Å². The van der Waals surface area contributed by atoms with Gasteiger partial charge in [-0.25, -0.2) is 9.18 Å². The Morgan fingerprint density at radius 3 is 2.54 bits per heavy atom. The molecule has 1 fully saturated rings. The van der Waals surface area contributed by atoms with E-state index in [0.29, 0.717) is 39.1 Å². The lowest BCUT2D eigenvalue weighted by atomic mass is 9.92. The molecule has 1 atom stereocenters. The number of halogens is 1. The van der Waals surface area contributed by atoms with Crippen LogP contribution in [0.2, 0.25) is 0 Å². The van der Waals surface area contributed by atoms with Crippen molar-refractivity contribution in [1.29, 1.82) is 0 Å². The Kier molecular flexibility index (Phi) is 7.31. The molecular formula is C29H33FN4O5. The van der Waals surface area contributed by atoms with E-state index in [2.05, 4.69) is 20.5 Å². The van der Waals surface area contributed by atoms with Crippen molar-refractivity contribution in [3.8, 4) is 23.0 Å². The average Bonchev–Trinajstić information content (AvgIpc) is 3.29. The van der Waals surface area contributed by atoms with Crippen LogP contribution in [0.25, 0.3) is 21.8 Å². The molecule has 2 N–H and O–H groups in total. The van der Waals surface area contributed by atoms with Gasteiger partial charge in [0.1, 0.15) is 11.1 Å². The van der Waals surface area contributed by atoms with Crippen molar-refractivity contribution >= 4 is 27.8 Å². The van der Waals surface area contributed by atoms with E-state index in [4.69, 9.17) is 18.9 Å². The fourth-order valence-electron chi connectivity index (χ4n) is 4.84. The molecule has 0 amide bonds. The van der Waals surface area contributed by atoms with Gasteiger partial charge >= 0.3 is 5.97 Å². The van der Waals surface area contributed by atoms with Gasteiger partial charge in [0, 0.05) is 28.6 Å². The fourth-order valence-corrected chi connectivity index (χ4v) is 4.84. The van der Waals surface area contributed by atoms with Crippen molar-refractivity contribution in [2.24, 2.45) is 5.92 Å². The van der Waals surface area contributed by atoms with Crippen LogP contribution in [0.15, 0.2) is 36.5 Å². The van der Waals surface area contributed by atoms with Crippen LogP contribution in [0.3, 0.4) is 0 Å². The second-order valence-electron chi connectivity index (χ2n) is 10.8. The zero-order valence-corrected chi connectivity index (χ0v) is 22.8. The minimum atomic E-state index is -0.823. The molecule has 1 saturated heterocycles. The molecule has 5 rings (SSSR count). The Bertz CT molecular complexity index is 1510. The van der Waals surface area contributed by atoms with Gasteiger partial charge in [-0.3, -0.25) is 0 Å². The summed E-state index contributed by atoms with van der Waals surface area (Å²) in [6.45, 7) is 8.94.